The minimum Gasteiger partial charge on any atom is -0.496 e. The fraction of sp³-hybridized carbons (Fsp3) is 0.435. The molecule has 0 radical (unpaired) electrons. The number of hydrogen-bond acceptors (Lipinski definition) is 5. The van der Waals surface area contributed by atoms with Crippen LogP contribution in [0.2, 0.25) is 0 Å². The van der Waals surface area contributed by atoms with E-state index < -0.39 is 15.1 Å². The molecule has 0 saturated carbocycles. The zero-order chi connectivity index (χ0) is 21.7. The van der Waals surface area contributed by atoms with Crippen molar-refractivity contribution < 1.29 is 22.7 Å². The van der Waals surface area contributed by atoms with Gasteiger partial charge in [-0.2, -0.15) is 0 Å². The van der Waals surface area contributed by atoms with Gasteiger partial charge < -0.3 is 14.4 Å². The van der Waals surface area contributed by atoms with E-state index in [1.54, 1.807) is 38.0 Å². The lowest BCUT2D eigenvalue weighted by molar-refractivity contribution is 0.0505. The van der Waals surface area contributed by atoms with E-state index in [2.05, 4.69) is 0 Å². The average Bonchev–Trinajstić information content (AvgIpc) is 3.26. The molecule has 30 heavy (non-hydrogen) atoms. The molecule has 1 heterocycles. The summed E-state index contributed by atoms with van der Waals surface area (Å²) in [5.41, 5.74) is 1.36. The minimum absolute atomic E-state index is 0.00393. The number of ether oxygens (including phenoxy) is 2. The highest BCUT2D eigenvalue weighted by Gasteiger charge is 2.25. The normalized spacial score (nSPS) is 16.6. The van der Waals surface area contributed by atoms with Gasteiger partial charge in [0.1, 0.15) is 5.75 Å². The molecule has 1 aliphatic heterocycles. The van der Waals surface area contributed by atoms with Crippen molar-refractivity contribution in [3.63, 3.8) is 0 Å². The van der Waals surface area contributed by atoms with Crippen LogP contribution in [0.25, 0.3) is 0 Å². The Bertz CT molecular complexity index is 963. The van der Waals surface area contributed by atoms with Crippen molar-refractivity contribution in [2.45, 2.75) is 49.5 Å². The quantitative estimate of drug-likeness (QED) is 0.637. The Kier molecular flexibility index (Phi) is 7.15. The monoisotopic (exact) mass is 431 g/mol. The van der Waals surface area contributed by atoms with E-state index in [4.69, 9.17) is 9.47 Å². The molecule has 1 fully saturated rings. The van der Waals surface area contributed by atoms with E-state index in [1.807, 2.05) is 24.3 Å². The topological polar surface area (TPSA) is 72.9 Å². The van der Waals surface area contributed by atoms with Crippen LogP contribution in [0.5, 0.6) is 5.75 Å². The van der Waals surface area contributed by atoms with Crippen molar-refractivity contribution in [2.75, 3.05) is 20.3 Å². The number of nitrogens with zero attached hydrogens (tertiary/aromatic N) is 1. The third kappa shape index (κ3) is 5.02. The van der Waals surface area contributed by atoms with Crippen LogP contribution in [0.4, 0.5) is 0 Å². The maximum atomic E-state index is 13.3. The van der Waals surface area contributed by atoms with Gasteiger partial charge in [-0.1, -0.05) is 18.2 Å². The van der Waals surface area contributed by atoms with Gasteiger partial charge in [-0.15, -0.1) is 0 Å². The van der Waals surface area contributed by atoms with Crippen LogP contribution < -0.4 is 4.74 Å². The largest absolute Gasteiger partial charge is 0.496 e. The van der Waals surface area contributed by atoms with E-state index in [9.17, 15) is 13.2 Å². The third-order valence-corrected chi connectivity index (χ3v) is 7.51. The molecule has 1 amide bonds. The highest BCUT2D eigenvalue weighted by atomic mass is 32.2. The van der Waals surface area contributed by atoms with Gasteiger partial charge in [0.25, 0.3) is 5.91 Å². The molecule has 0 bridgehead atoms. The molecular formula is C23H29NO5S. The summed E-state index contributed by atoms with van der Waals surface area (Å²) in [6.07, 6.45) is 1.91. The second-order valence-electron chi connectivity index (χ2n) is 7.75. The summed E-state index contributed by atoms with van der Waals surface area (Å²) in [6, 6.07) is 13.8. The highest BCUT2D eigenvalue weighted by molar-refractivity contribution is 7.92. The molecule has 7 heteroatoms. The first kappa shape index (κ1) is 22.3. The summed E-state index contributed by atoms with van der Waals surface area (Å²) in [6.45, 7) is 4.86. The van der Waals surface area contributed by atoms with Gasteiger partial charge in [0.2, 0.25) is 0 Å². The van der Waals surface area contributed by atoms with Crippen LogP contribution in [0.3, 0.4) is 0 Å². The molecule has 2 aromatic carbocycles. The Morgan fingerprint density at radius 2 is 1.87 bits per heavy atom. The van der Waals surface area contributed by atoms with E-state index in [-0.39, 0.29) is 16.9 Å². The zero-order valence-electron chi connectivity index (χ0n) is 17.7. The van der Waals surface area contributed by atoms with Crippen molar-refractivity contribution in [1.29, 1.82) is 0 Å². The lowest BCUT2D eigenvalue weighted by Gasteiger charge is -2.26. The Labute approximate surface area is 178 Å². The van der Waals surface area contributed by atoms with Crippen molar-refractivity contribution in [2.24, 2.45) is 0 Å². The SMILES string of the molecule is COc1ccccc1CN(CC1CCCO1)C(=O)c1ccc(S(=O)(=O)C(C)C)cc1. The Hall–Kier alpha value is -2.38. The van der Waals surface area contributed by atoms with Gasteiger partial charge in [-0.3, -0.25) is 4.79 Å². The first-order chi connectivity index (χ1) is 14.3. The number of para-hydroxylation sites is 1. The molecule has 1 aliphatic rings. The van der Waals surface area contributed by atoms with Crippen LogP contribution in [-0.4, -0.2) is 50.8 Å². The van der Waals surface area contributed by atoms with Crippen LogP contribution in [0, 0.1) is 0 Å². The molecule has 1 saturated heterocycles. The van der Waals surface area contributed by atoms with Gasteiger partial charge in [-0.25, -0.2) is 8.42 Å². The lowest BCUT2D eigenvalue weighted by atomic mass is 10.1. The van der Waals surface area contributed by atoms with E-state index in [1.165, 1.54) is 12.1 Å². The molecule has 0 spiro atoms. The van der Waals surface area contributed by atoms with Crippen LogP contribution in [0.15, 0.2) is 53.4 Å². The number of sulfone groups is 1. The first-order valence-electron chi connectivity index (χ1n) is 10.2. The van der Waals surface area contributed by atoms with Crippen LogP contribution >= 0.6 is 0 Å². The fourth-order valence-corrected chi connectivity index (χ4v) is 4.59. The predicted molar refractivity (Wildman–Crippen MR) is 115 cm³/mol. The number of methoxy groups -OCH3 is 1. The Morgan fingerprint density at radius 1 is 1.17 bits per heavy atom. The Balaban J connectivity index is 1.86. The predicted octanol–water partition coefficient (Wildman–Crippen LogP) is 3.70. The molecule has 0 aromatic heterocycles. The molecular weight excluding hydrogens is 402 g/mol. The first-order valence-corrected chi connectivity index (χ1v) is 11.7. The summed E-state index contributed by atoms with van der Waals surface area (Å²) < 4.78 is 35.9. The number of benzene rings is 2. The molecule has 1 atom stereocenters. The fourth-order valence-electron chi connectivity index (χ4n) is 3.53. The van der Waals surface area contributed by atoms with Gasteiger partial charge in [-0.05, 0) is 57.0 Å². The maximum Gasteiger partial charge on any atom is 0.254 e. The van der Waals surface area contributed by atoms with Crippen molar-refractivity contribution in [3.05, 3.63) is 59.7 Å². The van der Waals surface area contributed by atoms with Crippen molar-refractivity contribution in [1.82, 2.24) is 4.90 Å². The molecule has 3 rings (SSSR count). The maximum absolute atomic E-state index is 13.3. The van der Waals surface area contributed by atoms with Crippen LogP contribution in [-0.2, 0) is 21.1 Å². The van der Waals surface area contributed by atoms with Crippen molar-refractivity contribution in [3.8, 4) is 5.75 Å². The van der Waals surface area contributed by atoms with Gasteiger partial charge in [0, 0.05) is 30.8 Å². The Morgan fingerprint density at radius 3 is 2.47 bits per heavy atom. The molecule has 0 aliphatic carbocycles. The van der Waals surface area contributed by atoms with Gasteiger partial charge in [0.15, 0.2) is 9.84 Å². The average molecular weight is 432 g/mol. The number of carbonyl (C=O) groups excluding carboxylic acids is 1. The second-order valence-corrected chi connectivity index (χ2v) is 10.3. The van der Waals surface area contributed by atoms with Crippen molar-refractivity contribution >= 4 is 15.7 Å². The minimum atomic E-state index is -3.38. The smallest absolute Gasteiger partial charge is 0.254 e. The molecule has 6 nitrogen and oxygen atoms in total. The summed E-state index contributed by atoms with van der Waals surface area (Å²) >= 11 is 0. The molecule has 1 unspecified atom stereocenters. The summed E-state index contributed by atoms with van der Waals surface area (Å²) in [5, 5.41) is -0.513. The van der Waals surface area contributed by atoms with Gasteiger partial charge in [0.05, 0.1) is 23.4 Å². The second kappa shape index (κ2) is 9.62. The van der Waals surface area contributed by atoms with Gasteiger partial charge >= 0.3 is 0 Å². The number of rotatable bonds is 8. The summed E-state index contributed by atoms with van der Waals surface area (Å²) in [7, 11) is -1.77. The zero-order valence-corrected chi connectivity index (χ0v) is 18.5. The van der Waals surface area contributed by atoms with E-state index >= 15 is 0 Å². The third-order valence-electron chi connectivity index (χ3n) is 5.34. The number of amides is 1. The standard InChI is InChI=1S/C23H29NO5S/c1-17(2)30(26,27)21-12-10-18(11-13-21)23(25)24(16-20-8-6-14-29-20)15-19-7-4-5-9-22(19)28-3/h4-5,7,9-13,17,20H,6,8,14-16H2,1-3H3. The summed E-state index contributed by atoms with van der Waals surface area (Å²) in [4.78, 5) is 15.3. The molecule has 0 N–H and O–H groups in total. The summed E-state index contributed by atoms with van der Waals surface area (Å²) in [5.74, 6) is 0.561. The highest BCUT2D eigenvalue weighted by Crippen LogP contribution is 2.23. The lowest BCUT2D eigenvalue weighted by Crippen LogP contribution is -2.37. The van der Waals surface area contributed by atoms with E-state index in [0.717, 1.165) is 24.2 Å². The molecule has 162 valence electrons. The number of hydrogen-bond donors (Lipinski definition) is 0. The molecule has 2 aromatic rings. The van der Waals surface area contributed by atoms with Crippen LogP contribution in [0.1, 0.15) is 42.6 Å². The number of carbonyl (C=O) groups is 1. The van der Waals surface area contributed by atoms with E-state index in [0.29, 0.717) is 25.3 Å².